The van der Waals surface area contributed by atoms with Crippen molar-refractivity contribution in [2.45, 2.75) is 6.04 Å². The first-order valence-corrected chi connectivity index (χ1v) is 8.23. The van der Waals surface area contributed by atoms with E-state index in [9.17, 15) is 9.59 Å². The predicted molar refractivity (Wildman–Crippen MR) is 83.3 cm³/mol. The van der Waals surface area contributed by atoms with E-state index in [1.54, 1.807) is 24.0 Å². The van der Waals surface area contributed by atoms with Crippen LogP contribution in [0.5, 0.6) is 0 Å². The van der Waals surface area contributed by atoms with Gasteiger partial charge in [0, 0.05) is 28.8 Å². The Morgan fingerprint density at radius 3 is 3.00 bits per heavy atom. The molecule has 1 unspecified atom stereocenters. The highest BCUT2D eigenvalue weighted by molar-refractivity contribution is 7.99. The molecule has 0 saturated carbocycles. The van der Waals surface area contributed by atoms with Crippen LogP contribution in [0.2, 0.25) is 0 Å². The Balaban J connectivity index is 1.70. The van der Waals surface area contributed by atoms with Crippen LogP contribution in [-0.4, -0.2) is 39.5 Å². The summed E-state index contributed by atoms with van der Waals surface area (Å²) in [5.41, 5.74) is 6.97. The van der Waals surface area contributed by atoms with Gasteiger partial charge >= 0.3 is 0 Å². The van der Waals surface area contributed by atoms with E-state index in [2.05, 4.69) is 20.6 Å². The number of H-pyrrole nitrogens is 1. The number of nitrogens with two attached hydrogens (primary N) is 1. The minimum Gasteiger partial charge on any atom is -0.364 e. The normalized spacial score (nSPS) is 17.8. The van der Waals surface area contributed by atoms with E-state index in [1.807, 2.05) is 5.38 Å². The molecule has 0 spiro atoms. The summed E-state index contributed by atoms with van der Waals surface area (Å²) < 4.78 is 0. The van der Waals surface area contributed by atoms with E-state index >= 15 is 0 Å². The van der Waals surface area contributed by atoms with Crippen molar-refractivity contribution in [2.24, 2.45) is 5.73 Å². The maximum Gasteiger partial charge on any atom is 0.265 e. The lowest BCUT2D eigenvalue weighted by Crippen LogP contribution is -2.37. The topological polar surface area (TPSA) is 113 Å². The smallest absolute Gasteiger partial charge is 0.265 e. The molecule has 1 atom stereocenters. The van der Waals surface area contributed by atoms with Crippen molar-refractivity contribution in [3.63, 3.8) is 0 Å². The number of thioether (sulfide) groups is 1. The summed E-state index contributed by atoms with van der Waals surface area (Å²) in [6.45, 7) is 0. The predicted octanol–water partition coefficient (Wildman–Crippen LogP) is 0.838. The van der Waals surface area contributed by atoms with Crippen molar-refractivity contribution in [1.82, 2.24) is 15.3 Å². The molecule has 5 N–H and O–H groups in total. The molecule has 2 amide bonds. The third-order valence-corrected chi connectivity index (χ3v) is 4.71. The van der Waals surface area contributed by atoms with Crippen LogP contribution in [0.25, 0.3) is 11.3 Å². The largest absolute Gasteiger partial charge is 0.364 e. The fourth-order valence-corrected chi connectivity index (χ4v) is 3.57. The molecule has 1 aliphatic rings. The zero-order chi connectivity index (χ0) is 14.8. The van der Waals surface area contributed by atoms with Crippen LogP contribution in [-0.2, 0) is 4.79 Å². The van der Waals surface area contributed by atoms with E-state index in [0.29, 0.717) is 16.5 Å². The average Bonchev–Trinajstić information content (AvgIpc) is 3.20. The molecular weight excluding hydrogens is 310 g/mol. The maximum absolute atomic E-state index is 12.0. The zero-order valence-electron chi connectivity index (χ0n) is 10.9. The summed E-state index contributed by atoms with van der Waals surface area (Å²) in [6, 6.07) is 1.47. The number of nitrogens with zero attached hydrogens (tertiary/aromatic N) is 1. The third-order valence-electron chi connectivity index (χ3n) is 3.01. The lowest BCUT2D eigenvalue weighted by molar-refractivity contribution is -0.117. The highest BCUT2D eigenvalue weighted by Gasteiger charge is 2.23. The minimum absolute atomic E-state index is 0.0761. The fraction of sp³-hybridized carbons (Fsp3) is 0.250. The molecule has 3 rings (SSSR count). The van der Waals surface area contributed by atoms with Crippen molar-refractivity contribution in [3.05, 3.63) is 23.3 Å². The van der Waals surface area contributed by atoms with Crippen molar-refractivity contribution in [2.75, 3.05) is 16.9 Å². The molecule has 110 valence electrons. The number of thiazole rings is 1. The van der Waals surface area contributed by atoms with Crippen LogP contribution in [0.3, 0.4) is 0 Å². The molecule has 2 aromatic rings. The Morgan fingerprint density at radius 1 is 1.48 bits per heavy atom. The van der Waals surface area contributed by atoms with Gasteiger partial charge in [0.25, 0.3) is 5.91 Å². The highest BCUT2D eigenvalue weighted by atomic mass is 32.2. The first kappa shape index (κ1) is 14.1. The van der Waals surface area contributed by atoms with Gasteiger partial charge in [-0.2, -0.15) is 0 Å². The lowest BCUT2D eigenvalue weighted by atomic mass is 10.2. The summed E-state index contributed by atoms with van der Waals surface area (Å²) in [7, 11) is 0. The Morgan fingerprint density at radius 2 is 2.33 bits per heavy atom. The molecule has 1 fully saturated rings. The summed E-state index contributed by atoms with van der Waals surface area (Å²) in [5.74, 6) is 0.965. The summed E-state index contributed by atoms with van der Waals surface area (Å²) in [4.78, 5) is 30.1. The van der Waals surface area contributed by atoms with E-state index in [4.69, 9.17) is 5.73 Å². The SMILES string of the molecule is NC(=O)c1cc(-c2csc(NC(=O)C3CSCN3)n2)c[nH]1. The van der Waals surface area contributed by atoms with E-state index in [1.165, 1.54) is 11.3 Å². The second kappa shape index (κ2) is 5.88. The highest BCUT2D eigenvalue weighted by Crippen LogP contribution is 2.25. The van der Waals surface area contributed by atoms with E-state index in [-0.39, 0.29) is 11.9 Å². The summed E-state index contributed by atoms with van der Waals surface area (Å²) in [6.07, 6.45) is 1.66. The summed E-state index contributed by atoms with van der Waals surface area (Å²) in [5, 5.41) is 8.25. The fourth-order valence-electron chi connectivity index (χ4n) is 1.90. The molecule has 9 heteroatoms. The molecule has 2 aromatic heterocycles. The molecule has 7 nitrogen and oxygen atoms in total. The number of rotatable bonds is 4. The number of primary amides is 1. The van der Waals surface area contributed by atoms with Crippen molar-refractivity contribution >= 4 is 40.0 Å². The second-order valence-electron chi connectivity index (χ2n) is 4.47. The number of anilines is 1. The van der Waals surface area contributed by atoms with Gasteiger partial charge in [0.1, 0.15) is 5.69 Å². The molecule has 0 bridgehead atoms. The van der Waals surface area contributed by atoms with Crippen molar-refractivity contribution in [1.29, 1.82) is 0 Å². The Hall–Kier alpha value is -1.84. The third kappa shape index (κ3) is 3.09. The number of hydrogen-bond donors (Lipinski definition) is 4. The number of nitrogens with one attached hydrogen (secondary N) is 3. The number of hydrogen-bond acceptors (Lipinski definition) is 6. The summed E-state index contributed by atoms with van der Waals surface area (Å²) >= 11 is 3.03. The molecule has 0 radical (unpaired) electrons. The Bertz CT molecular complexity index is 675. The van der Waals surface area contributed by atoms with Crippen molar-refractivity contribution in [3.8, 4) is 11.3 Å². The van der Waals surface area contributed by atoms with Gasteiger partial charge in [0.2, 0.25) is 5.91 Å². The van der Waals surface area contributed by atoms with Gasteiger partial charge in [-0.3, -0.25) is 14.9 Å². The Kier molecular flexibility index (Phi) is 3.95. The van der Waals surface area contributed by atoms with Gasteiger partial charge in [0.15, 0.2) is 5.13 Å². The van der Waals surface area contributed by atoms with Gasteiger partial charge in [-0.1, -0.05) is 0 Å². The first-order chi connectivity index (χ1) is 10.1. The zero-order valence-corrected chi connectivity index (χ0v) is 12.5. The van der Waals surface area contributed by atoms with Crippen molar-refractivity contribution < 1.29 is 9.59 Å². The second-order valence-corrected chi connectivity index (χ2v) is 6.35. The number of carbonyl (C=O) groups is 2. The molecule has 3 heterocycles. The number of aromatic amines is 1. The van der Waals surface area contributed by atoms with Crippen LogP contribution in [0, 0.1) is 0 Å². The van der Waals surface area contributed by atoms with Crippen LogP contribution in [0.4, 0.5) is 5.13 Å². The van der Waals surface area contributed by atoms with Gasteiger partial charge in [-0.15, -0.1) is 23.1 Å². The molecular formula is C12H13N5O2S2. The number of amides is 2. The van der Waals surface area contributed by atoms with Gasteiger partial charge in [-0.25, -0.2) is 4.98 Å². The van der Waals surface area contributed by atoms with Gasteiger partial charge < -0.3 is 16.0 Å². The molecule has 1 saturated heterocycles. The van der Waals surface area contributed by atoms with Crippen LogP contribution in [0.15, 0.2) is 17.6 Å². The molecule has 0 aliphatic carbocycles. The maximum atomic E-state index is 12.0. The number of aromatic nitrogens is 2. The standard InChI is InChI=1S/C12H13N5O2S2/c13-10(18)7-1-6(2-14-7)8-4-21-12(16-8)17-11(19)9-3-20-5-15-9/h1-2,4,9,14-15H,3,5H2,(H2,13,18)(H,16,17,19). The van der Waals surface area contributed by atoms with Crippen LogP contribution >= 0.6 is 23.1 Å². The molecule has 1 aliphatic heterocycles. The van der Waals surface area contributed by atoms with Crippen LogP contribution in [0.1, 0.15) is 10.5 Å². The monoisotopic (exact) mass is 323 g/mol. The van der Waals surface area contributed by atoms with Gasteiger partial charge in [0.05, 0.1) is 11.7 Å². The van der Waals surface area contributed by atoms with Gasteiger partial charge in [-0.05, 0) is 6.07 Å². The lowest BCUT2D eigenvalue weighted by Gasteiger charge is -2.07. The van der Waals surface area contributed by atoms with E-state index < -0.39 is 5.91 Å². The average molecular weight is 323 g/mol. The Labute approximate surface area is 128 Å². The quantitative estimate of drug-likeness (QED) is 0.666. The minimum atomic E-state index is -0.519. The first-order valence-electron chi connectivity index (χ1n) is 6.19. The molecule has 21 heavy (non-hydrogen) atoms. The van der Waals surface area contributed by atoms with Crippen LogP contribution < -0.4 is 16.4 Å². The number of carbonyl (C=O) groups excluding carboxylic acids is 2. The van der Waals surface area contributed by atoms with E-state index in [0.717, 1.165) is 17.2 Å². The molecule has 0 aromatic carbocycles.